The molecule has 1 saturated carbocycles. The van der Waals surface area contributed by atoms with Gasteiger partial charge in [-0.2, -0.15) is 0 Å². The number of unbranched alkanes of at least 4 members (excludes halogenated alkanes) is 5. The second-order valence-corrected chi connectivity index (χ2v) is 12.7. The van der Waals surface area contributed by atoms with E-state index in [0.29, 0.717) is 50.2 Å². The molecule has 4 rings (SSSR count). The lowest BCUT2D eigenvalue weighted by Gasteiger charge is -2.38. The molecule has 1 spiro atoms. The lowest BCUT2D eigenvalue weighted by atomic mass is 9.77. The van der Waals surface area contributed by atoms with E-state index in [1.54, 1.807) is 4.90 Å². The van der Waals surface area contributed by atoms with Gasteiger partial charge in [-0.05, 0) is 80.9 Å². The molecule has 3 amide bonds. The van der Waals surface area contributed by atoms with E-state index < -0.39 is 6.09 Å². The van der Waals surface area contributed by atoms with Crippen molar-refractivity contribution in [2.24, 2.45) is 5.41 Å². The van der Waals surface area contributed by atoms with Gasteiger partial charge in [0.1, 0.15) is 11.9 Å². The van der Waals surface area contributed by atoms with E-state index in [9.17, 15) is 14.4 Å². The van der Waals surface area contributed by atoms with Crippen LogP contribution >= 0.6 is 0 Å². The van der Waals surface area contributed by atoms with Crippen LogP contribution in [0.4, 0.5) is 14.4 Å². The first-order valence-electron chi connectivity index (χ1n) is 16.9. The Bertz CT molecular complexity index is 992. The number of piperidine rings is 2. The highest BCUT2D eigenvalue weighted by molar-refractivity contribution is 5.71. The van der Waals surface area contributed by atoms with Crippen molar-refractivity contribution in [3.63, 3.8) is 0 Å². The Morgan fingerprint density at radius 1 is 0.814 bits per heavy atom. The zero-order chi connectivity index (χ0) is 30.3. The molecule has 3 aliphatic rings. The quantitative estimate of drug-likeness (QED) is 0.236. The lowest BCUT2D eigenvalue weighted by molar-refractivity contribution is 0.0523. The first-order valence-corrected chi connectivity index (χ1v) is 16.9. The Hall–Kier alpha value is -2.97. The van der Waals surface area contributed by atoms with E-state index >= 15 is 0 Å². The summed E-state index contributed by atoms with van der Waals surface area (Å²) in [5, 5.41) is 2.83. The fourth-order valence-electron chi connectivity index (χ4n) is 6.63. The minimum atomic E-state index is -0.408. The number of ether oxygens (including phenoxy) is 3. The summed E-state index contributed by atoms with van der Waals surface area (Å²) in [6.45, 7) is 5.86. The molecular weight excluding hydrogens is 546 g/mol. The van der Waals surface area contributed by atoms with Crippen LogP contribution in [0.2, 0.25) is 0 Å². The summed E-state index contributed by atoms with van der Waals surface area (Å²) < 4.78 is 16.6. The molecule has 2 heterocycles. The second kappa shape index (κ2) is 17.4. The van der Waals surface area contributed by atoms with Gasteiger partial charge in [0.05, 0.1) is 6.61 Å². The third kappa shape index (κ3) is 10.9. The number of hydrogen-bond donors (Lipinski definition) is 1. The van der Waals surface area contributed by atoms with Crippen molar-refractivity contribution in [2.45, 2.75) is 116 Å². The zero-order valence-electron chi connectivity index (χ0n) is 26.3. The van der Waals surface area contributed by atoms with Gasteiger partial charge in [-0.3, -0.25) is 0 Å². The minimum Gasteiger partial charge on any atom is -0.449 e. The van der Waals surface area contributed by atoms with Gasteiger partial charge >= 0.3 is 18.3 Å². The predicted molar refractivity (Wildman–Crippen MR) is 166 cm³/mol. The number of carbonyl (C=O) groups is 3. The van der Waals surface area contributed by atoms with E-state index in [4.69, 9.17) is 14.2 Å². The van der Waals surface area contributed by atoms with Crippen LogP contribution in [0.1, 0.15) is 109 Å². The monoisotopic (exact) mass is 599 g/mol. The number of nitrogens with one attached hydrogen (secondary N) is 1. The molecule has 1 aromatic carbocycles. The Morgan fingerprint density at radius 2 is 1.49 bits per heavy atom. The van der Waals surface area contributed by atoms with Crippen LogP contribution in [0, 0.1) is 5.41 Å². The predicted octanol–water partition coefficient (Wildman–Crippen LogP) is 7.46. The van der Waals surface area contributed by atoms with Crippen LogP contribution in [0.15, 0.2) is 24.3 Å². The van der Waals surface area contributed by atoms with Crippen LogP contribution in [0.3, 0.4) is 0 Å². The maximum Gasteiger partial charge on any atom is 0.415 e. The van der Waals surface area contributed by atoms with Gasteiger partial charge in [-0.1, -0.05) is 51.2 Å². The molecular formula is C34H53N3O6. The third-order valence-electron chi connectivity index (χ3n) is 9.48. The molecule has 0 radical (unpaired) electrons. The number of amides is 3. The fourth-order valence-corrected chi connectivity index (χ4v) is 6.63. The molecule has 9 nitrogen and oxygen atoms in total. The van der Waals surface area contributed by atoms with Crippen LogP contribution in [-0.4, -0.2) is 73.5 Å². The van der Waals surface area contributed by atoms with Crippen molar-refractivity contribution in [2.75, 3.05) is 39.3 Å². The Labute approximate surface area is 258 Å². The highest BCUT2D eigenvalue weighted by Gasteiger charge is 2.38. The maximum absolute atomic E-state index is 12.6. The number of nitrogens with zero attached hydrogens (tertiary/aromatic N) is 2. The van der Waals surface area contributed by atoms with Gasteiger partial charge in [0.25, 0.3) is 0 Å². The molecule has 0 unspecified atom stereocenters. The van der Waals surface area contributed by atoms with E-state index in [1.165, 1.54) is 50.5 Å². The van der Waals surface area contributed by atoms with Gasteiger partial charge in [-0.15, -0.1) is 0 Å². The number of carbonyl (C=O) groups excluding carboxylic acids is 3. The summed E-state index contributed by atoms with van der Waals surface area (Å²) in [4.78, 5) is 40.7. The van der Waals surface area contributed by atoms with Gasteiger partial charge in [0.15, 0.2) is 0 Å². The molecule has 2 aliphatic heterocycles. The van der Waals surface area contributed by atoms with Crippen molar-refractivity contribution in [1.82, 2.24) is 15.1 Å². The third-order valence-corrected chi connectivity index (χ3v) is 9.48. The van der Waals surface area contributed by atoms with Crippen LogP contribution < -0.4 is 10.1 Å². The maximum atomic E-state index is 12.6. The smallest absolute Gasteiger partial charge is 0.415 e. The van der Waals surface area contributed by atoms with Crippen LogP contribution in [-0.2, 0) is 15.9 Å². The molecule has 2 saturated heterocycles. The standard InChI is InChI=1S/C34H53N3O6/c1-2-3-6-11-28-12-14-29(15-13-28)43-33(40)36-23-16-30(17-24-36)42-31(38)35-22-9-4-5-10-27-41-32(39)37-25-20-34(21-26-37)18-7-8-19-34/h12-15,30H,2-11,16-27H2,1H3,(H,35,38). The van der Waals surface area contributed by atoms with Crippen molar-refractivity contribution in [1.29, 1.82) is 0 Å². The van der Waals surface area contributed by atoms with E-state index in [2.05, 4.69) is 12.2 Å². The summed E-state index contributed by atoms with van der Waals surface area (Å²) in [6.07, 6.45) is 15.9. The first-order chi connectivity index (χ1) is 21.0. The number of rotatable bonds is 13. The molecule has 240 valence electrons. The minimum absolute atomic E-state index is 0.164. The first kappa shape index (κ1) is 32.9. The van der Waals surface area contributed by atoms with Crippen molar-refractivity contribution in [3.05, 3.63) is 29.8 Å². The second-order valence-electron chi connectivity index (χ2n) is 12.7. The largest absolute Gasteiger partial charge is 0.449 e. The van der Waals surface area contributed by atoms with Gasteiger partial charge in [-0.25, -0.2) is 14.4 Å². The Kier molecular flexibility index (Phi) is 13.3. The van der Waals surface area contributed by atoms with Gasteiger partial charge in [0.2, 0.25) is 0 Å². The van der Waals surface area contributed by atoms with Gasteiger partial charge in [0, 0.05) is 45.6 Å². The van der Waals surface area contributed by atoms with Crippen molar-refractivity contribution >= 4 is 18.3 Å². The lowest BCUT2D eigenvalue weighted by Crippen LogP contribution is -2.43. The molecule has 1 aliphatic carbocycles. The van der Waals surface area contributed by atoms with Crippen molar-refractivity contribution in [3.8, 4) is 5.75 Å². The average Bonchev–Trinajstić information content (AvgIpc) is 3.47. The summed E-state index contributed by atoms with van der Waals surface area (Å²) in [7, 11) is 0. The molecule has 0 bridgehead atoms. The number of benzene rings is 1. The molecule has 0 aromatic heterocycles. The highest BCUT2D eigenvalue weighted by Crippen LogP contribution is 2.46. The SMILES string of the molecule is CCCCCc1ccc(OC(=O)N2CCC(OC(=O)NCCCCCCOC(=O)N3CCC4(CCCC4)CC3)CC2)cc1. The van der Waals surface area contributed by atoms with E-state index in [-0.39, 0.29) is 18.3 Å². The summed E-state index contributed by atoms with van der Waals surface area (Å²) >= 11 is 0. The molecule has 43 heavy (non-hydrogen) atoms. The summed E-state index contributed by atoms with van der Waals surface area (Å²) in [5.74, 6) is 0.553. The molecule has 1 aromatic rings. The van der Waals surface area contributed by atoms with Crippen molar-refractivity contribution < 1.29 is 28.6 Å². The summed E-state index contributed by atoms with van der Waals surface area (Å²) in [5.41, 5.74) is 1.76. The number of likely N-dealkylation sites (tertiary alicyclic amines) is 2. The van der Waals surface area contributed by atoms with E-state index in [1.807, 2.05) is 29.2 Å². The van der Waals surface area contributed by atoms with Crippen LogP contribution in [0.5, 0.6) is 5.75 Å². The molecule has 9 heteroatoms. The number of hydrogen-bond acceptors (Lipinski definition) is 6. The Balaban J connectivity index is 0.975. The Morgan fingerprint density at radius 3 is 2.19 bits per heavy atom. The highest BCUT2D eigenvalue weighted by atomic mass is 16.6. The van der Waals surface area contributed by atoms with Gasteiger partial charge < -0.3 is 29.3 Å². The molecule has 0 atom stereocenters. The summed E-state index contributed by atoms with van der Waals surface area (Å²) in [6, 6.07) is 7.76. The van der Waals surface area contributed by atoms with E-state index in [0.717, 1.165) is 58.0 Å². The fraction of sp³-hybridized carbons (Fsp3) is 0.735. The molecule has 3 fully saturated rings. The number of alkyl carbamates (subject to hydrolysis) is 1. The normalized spacial score (nSPS) is 18.4. The van der Waals surface area contributed by atoms with Crippen LogP contribution in [0.25, 0.3) is 0 Å². The number of aryl methyl sites for hydroxylation is 1. The average molecular weight is 600 g/mol. The molecule has 1 N–H and O–H groups in total. The zero-order valence-corrected chi connectivity index (χ0v) is 26.3. The topological polar surface area (TPSA) is 97.4 Å².